The van der Waals surface area contributed by atoms with E-state index in [1.54, 1.807) is 0 Å². The lowest BCUT2D eigenvalue weighted by Crippen LogP contribution is -1.93. The number of benzene rings is 2. The zero-order valence-electron chi connectivity index (χ0n) is 11.2. The minimum Gasteiger partial charge on any atom is -0.507 e. The number of halogens is 1. The van der Waals surface area contributed by atoms with Gasteiger partial charge in [0.1, 0.15) is 5.75 Å². The Bertz CT molecular complexity index is 728. The number of hydrogen-bond acceptors (Lipinski definition) is 2. The van der Waals surface area contributed by atoms with Gasteiger partial charge in [0, 0.05) is 16.0 Å². The van der Waals surface area contributed by atoms with E-state index >= 15 is 0 Å². The summed E-state index contributed by atoms with van der Waals surface area (Å²) < 4.78 is 2.10. The number of thiophene rings is 1. The van der Waals surface area contributed by atoms with E-state index in [0.717, 1.165) is 17.3 Å². The molecule has 0 spiro atoms. The molecule has 20 heavy (non-hydrogen) atoms. The summed E-state index contributed by atoms with van der Waals surface area (Å²) in [5.74, 6) is 0.321. The summed E-state index contributed by atoms with van der Waals surface area (Å²) in [6.45, 7) is 2.12. The van der Waals surface area contributed by atoms with Crippen LogP contribution in [0.2, 0.25) is 0 Å². The van der Waals surface area contributed by atoms with Gasteiger partial charge in [-0.05, 0) is 63.1 Å². The van der Waals surface area contributed by atoms with Gasteiger partial charge in [0.05, 0.1) is 4.47 Å². The fourth-order valence-electron chi connectivity index (χ4n) is 2.45. The molecule has 0 unspecified atom stereocenters. The van der Waals surface area contributed by atoms with Crippen LogP contribution in [0.4, 0.5) is 0 Å². The average Bonchev–Trinajstić information content (AvgIpc) is 2.84. The van der Waals surface area contributed by atoms with Gasteiger partial charge < -0.3 is 5.11 Å². The number of rotatable bonds is 3. The Morgan fingerprint density at radius 1 is 1.10 bits per heavy atom. The van der Waals surface area contributed by atoms with Gasteiger partial charge in [-0.3, -0.25) is 0 Å². The lowest BCUT2D eigenvalue weighted by molar-refractivity contribution is 0.471. The smallest absolute Gasteiger partial charge is 0.130 e. The van der Waals surface area contributed by atoms with Gasteiger partial charge in [0.25, 0.3) is 0 Å². The summed E-state index contributed by atoms with van der Waals surface area (Å²) in [5.41, 5.74) is 2.49. The highest BCUT2D eigenvalue weighted by atomic mass is 79.9. The Balaban J connectivity index is 1.99. The van der Waals surface area contributed by atoms with Crippen LogP contribution in [0.1, 0.15) is 22.9 Å². The van der Waals surface area contributed by atoms with Crippen LogP contribution in [0.25, 0.3) is 10.1 Å². The van der Waals surface area contributed by atoms with E-state index in [0.29, 0.717) is 5.75 Å². The van der Waals surface area contributed by atoms with E-state index in [1.807, 2.05) is 23.5 Å². The fraction of sp³-hybridized carbons (Fsp3) is 0.176. The van der Waals surface area contributed by atoms with E-state index < -0.39 is 0 Å². The molecule has 102 valence electrons. The second-order valence-corrected chi connectivity index (χ2v) is 6.88. The molecule has 0 aliphatic carbocycles. The van der Waals surface area contributed by atoms with E-state index in [-0.39, 0.29) is 0 Å². The van der Waals surface area contributed by atoms with Crippen LogP contribution in [0, 0.1) is 0 Å². The summed E-state index contributed by atoms with van der Waals surface area (Å²) in [7, 11) is 0. The van der Waals surface area contributed by atoms with Crippen LogP contribution in [-0.4, -0.2) is 5.11 Å². The van der Waals surface area contributed by atoms with Gasteiger partial charge >= 0.3 is 0 Å². The minimum absolute atomic E-state index is 0.321. The topological polar surface area (TPSA) is 20.2 Å². The third-order valence-corrected chi connectivity index (χ3v) is 5.24. The Kier molecular flexibility index (Phi) is 3.81. The number of aromatic hydroxyl groups is 1. The molecule has 1 heterocycles. The van der Waals surface area contributed by atoms with Crippen molar-refractivity contribution in [2.45, 2.75) is 19.8 Å². The molecule has 3 rings (SSSR count). The van der Waals surface area contributed by atoms with Crippen LogP contribution in [0.5, 0.6) is 5.75 Å². The van der Waals surface area contributed by atoms with Crippen molar-refractivity contribution in [3.63, 3.8) is 0 Å². The molecule has 0 fully saturated rings. The largest absolute Gasteiger partial charge is 0.507 e. The molecule has 1 aromatic heterocycles. The van der Waals surface area contributed by atoms with Crippen LogP contribution in [0.3, 0.4) is 0 Å². The maximum atomic E-state index is 9.79. The Morgan fingerprint density at radius 3 is 2.65 bits per heavy atom. The van der Waals surface area contributed by atoms with Gasteiger partial charge in [0.2, 0.25) is 0 Å². The third-order valence-electron chi connectivity index (χ3n) is 3.49. The molecule has 1 nitrogen and oxygen atoms in total. The molecule has 0 saturated carbocycles. The molecule has 0 bridgehead atoms. The highest BCUT2D eigenvalue weighted by Gasteiger charge is 2.09. The molecule has 2 aromatic carbocycles. The Hall–Kier alpha value is -1.32. The number of aryl methyl sites for hydroxylation is 1. The number of hydrogen-bond donors (Lipinski definition) is 1. The first kappa shape index (κ1) is 13.7. The molecule has 1 N–H and O–H groups in total. The quantitative estimate of drug-likeness (QED) is 0.661. The molecule has 0 aliphatic rings. The second kappa shape index (κ2) is 5.58. The first-order valence-electron chi connectivity index (χ1n) is 6.65. The molecule has 0 radical (unpaired) electrons. The maximum Gasteiger partial charge on any atom is 0.130 e. The minimum atomic E-state index is 0.321. The Labute approximate surface area is 131 Å². The summed E-state index contributed by atoms with van der Waals surface area (Å²) in [6.07, 6.45) is 1.85. The van der Waals surface area contributed by atoms with Crippen molar-refractivity contribution in [2.24, 2.45) is 0 Å². The van der Waals surface area contributed by atoms with Crippen molar-refractivity contribution in [3.05, 3.63) is 62.9 Å². The first-order valence-corrected chi connectivity index (χ1v) is 8.26. The highest BCUT2D eigenvalue weighted by molar-refractivity contribution is 9.10. The maximum absolute atomic E-state index is 9.79. The van der Waals surface area contributed by atoms with Crippen molar-refractivity contribution < 1.29 is 5.11 Å². The summed E-state index contributed by atoms with van der Waals surface area (Å²) in [4.78, 5) is 1.36. The second-order valence-electron chi connectivity index (χ2n) is 4.85. The van der Waals surface area contributed by atoms with Crippen LogP contribution in [-0.2, 0) is 12.8 Å². The van der Waals surface area contributed by atoms with Crippen molar-refractivity contribution in [1.29, 1.82) is 0 Å². The van der Waals surface area contributed by atoms with E-state index in [2.05, 4.69) is 53.2 Å². The summed E-state index contributed by atoms with van der Waals surface area (Å²) in [5, 5.41) is 11.1. The van der Waals surface area contributed by atoms with Crippen molar-refractivity contribution in [1.82, 2.24) is 0 Å². The SMILES string of the molecule is CCc1cc(O)c(Br)cc1Cc1cc2ccccc2s1. The van der Waals surface area contributed by atoms with Crippen molar-refractivity contribution in [3.8, 4) is 5.75 Å². The third kappa shape index (κ3) is 2.60. The number of fused-ring (bicyclic) bond motifs is 1. The zero-order chi connectivity index (χ0) is 14.1. The number of phenolic OH excluding ortho intramolecular Hbond substituents is 1. The van der Waals surface area contributed by atoms with Gasteiger partial charge in [-0.15, -0.1) is 11.3 Å². The summed E-state index contributed by atoms with van der Waals surface area (Å²) in [6, 6.07) is 14.6. The van der Waals surface area contributed by atoms with Crippen LogP contribution < -0.4 is 0 Å². The average molecular weight is 347 g/mol. The van der Waals surface area contributed by atoms with E-state index in [4.69, 9.17) is 0 Å². The monoisotopic (exact) mass is 346 g/mol. The van der Waals surface area contributed by atoms with Gasteiger partial charge in [-0.2, -0.15) is 0 Å². The predicted octanol–water partition coefficient (Wildman–Crippen LogP) is 5.52. The molecular formula is C17H15BrOS. The molecule has 3 aromatic rings. The van der Waals surface area contributed by atoms with Gasteiger partial charge in [0.15, 0.2) is 0 Å². The summed E-state index contributed by atoms with van der Waals surface area (Å²) >= 11 is 5.25. The normalized spacial score (nSPS) is 11.1. The molecule has 3 heteroatoms. The molecule has 0 saturated heterocycles. The van der Waals surface area contributed by atoms with Crippen LogP contribution >= 0.6 is 27.3 Å². The molecule has 0 amide bonds. The van der Waals surface area contributed by atoms with Crippen molar-refractivity contribution in [2.75, 3.05) is 0 Å². The highest BCUT2D eigenvalue weighted by Crippen LogP contribution is 2.32. The van der Waals surface area contributed by atoms with Gasteiger partial charge in [-0.1, -0.05) is 25.1 Å². The zero-order valence-corrected chi connectivity index (χ0v) is 13.6. The standard InChI is InChI=1S/C17H15BrOS/c1-2-11-10-16(19)15(18)9-13(11)8-14-7-12-5-3-4-6-17(12)20-14/h3-7,9-10,19H,2,8H2,1H3. The fourth-order valence-corrected chi connectivity index (χ4v) is 3.93. The van der Waals surface area contributed by atoms with Crippen molar-refractivity contribution >= 4 is 37.4 Å². The van der Waals surface area contributed by atoms with Crippen LogP contribution in [0.15, 0.2) is 46.9 Å². The lowest BCUT2D eigenvalue weighted by Gasteiger charge is -2.09. The first-order chi connectivity index (χ1) is 9.67. The molecular weight excluding hydrogens is 332 g/mol. The van der Waals surface area contributed by atoms with E-state index in [9.17, 15) is 5.11 Å². The van der Waals surface area contributed by atoms with E-state index in [1.165, 1.54) is 26.1 Å². The number of phenols is 1. The van der Waals surface area contributed by atoms with Gasteiger partial charge in [-0.25, -0.2) is 0 Å². The molecule has 0 aliphatic heterocycles. The lowest BCUT2D eigenvalue weighted by atomic mass is 10.0. The Morgan fingerprint density at radius 2 is 1.90 bits per heavy atom. The predicted molar refractivity (Wildman–Crippen MR) is 89.8 cm³/mol. The molecule has 0 atom stereocenters.